The minimum Gasteiger partial charge on any atom is -0.449 e. The molecule has 24 heavy (non-hydrogen) atoms. The lowest BCUT2D eigenvalue weighted by molar-refractivity contribution is 0.138. The Morgan fingerprint density at radius 2 is 1.71 bits per heavy atom. The molecule has 0 spiro atoms. The molecule has 3 nitrogen and oxygen atoms in total. The van der Waals surface area contributed by atoms with Crippen LogP contribution in [0.3, 0.4) is 0 Å². The molecule has 0 fully saturated rings. The largest absolute Gasteiger partial charge is 0.449 e. The lowest BCUT2D eigenvalue weighted by Crippen LogP contribution is -2.35. The van der Waals surface area contributed by atoms with E-state index in [-0.39, 0.29) is 18.1 Å². The average Bonchev–Trinajstić information content (AvgIpc) is 2.93. The third kappa shape index (κ3) is 3.58. The van der Waals surface area contributed by atoms with Gasteiger partial charge in [-0.15, -0.1) is 0 Å². The van der Waals surface area contributed by atoms with E-state index in [0.29, 0.717) is 6.61 Å². The van der Waals surface area contributed by atoms with Gasteiger partial charge in [0.2, 0.25) is 0 Å². The van der Waals surface area contributed by atoms with Crippen molar-refractivity contribution >= 4 is 28.7 Å². The van der Waals surface area contributed by atoms with E-state index in [2.05, 4.69) is 71.2 Å². The second-order valence-electron chi connectivity index (χ2n) is 6.05. The highest BCUT2D eigenvalue weighted by Gasteiger charge is 2.29. The van der Waals surface area contributed by atoms with Gasteiger partial charge >= 0.3 is 6.09 Å². The number of carbonyl (C=O) groups excluding carboxylic acids is 1. The number of alkyl carbamates (subject to hydrolysis) is 1. The molecule has 0 saturated heterocycles. The number of alkyl halides is 1. The Morgan fingerprint density at radius 3 is 2.25 bits per heavy atom. The smallest absolute Gasteiger partial charge is 0.407 e. The predicted molar refractivity (Wildman–Crippen MR) is 106 cm³/mol. The third-order valence-electron chi connectivity index (χ3n) is 4.62. The van der Waals surface area contributed by atoms with Crippen LogP contribution < -0.4 is 5.32 Å². The summed E-state index contributed by atoms with van der Waals surface area (Å²) < 4.78 is 6.59. The minimum atomic E-state index is -0.312. The van der Waals surface area contributed by atoms with Crippen molar-refractivity contribution in [3.05, 3.63) is 59.7 Å². The summed E-state index contributed by atoms with van der Waals surface area (Å²) >= 11 is 2.33. The Hall–Kier alpha value is -1.56. The number of hydrogen-bond donors (Lipinski definition) is 1. The summed E-state index contributed by atoms with van der Waals surface area (Å²) in [5, 5.41) is 2.97. The lowest BCUT2D eigenvalue weighted by atomic mass is 9.98. The van der Waals surface area contributed by atoms with Crippen molar-refractivity contribution in [2.24, 2.45) is 0 Å². The first-order chi connectivity index (χ1) is 11.7. The predicted octanol–water partition coefficient (Wildman–Crippen LogP) is 5.13. The van der Waals surface area contributed by atoms with Crippen LogP contribution in [0, 0.1) is 0 Å². The molecule has 0 saturated carbocycles. The van der Waals surface area contributed by atoms with Gasteiger partial charge in [0.05, 0.1) is 0 Å². The number of rotatable bonds is 6. The minimum absolute atomic E-state index is 0.118. The Bertz CT molecular complexity index is 671. The number of hydrogen-bond acceptors (Lipinski definition) is 2. The molecule has 0 unspecified atom stereocenters. The zero-order chi connectivity index (χ0) is 16.9. The summed E-state index contributed by atoms with van der Waals surface area (Å²) in [6.07, 6.45) is 1.59. The van der Waals surface area contributed by atoms with Crippen LogP contribution in [0.2, 0.25) is 0 Å². The topological polar surface area (TPSA) is 38.3 Å². The van der Waals surface area contributed by atoms with Gasteiger partial charge in [-0.3, -0.25) is 0 Å². The van der Waals surface area contributed by atoms with Gasteiger partial charge in [0.15, 0.2) is 0 Å². The fourth-order valence-electron chi connectivity index (χ4n) is 3.32. The number of fused-ring (bicyclic) bond motifs is 3. The maximum Gasteiger partial charge on any atom is 0.407 e. The van der Waals surface area contributed by atoms with Crippen LogP contribution in [0.25, 0.3) is 11.1 Å². The van der Waals surface area contributed by atoms with Crippen molar-refractivity contribution < 1.29 is 9.53 Å². The summed E-state index contributed by atoms with van der Waals surface area (Å²) in [7, 11) is 0. The van der Waals surface area contributed by atoms with Crippen molar-refractivity contribution in [3.63, 3.8) is 0 Å². The molecule has 1 amide bonds. The van der Waals surface area contributed by atoms with Crippen LogP contribution in [0.15, 0.2) is 48.5 Å². The van der Waals surface area contributed by atoms with Gasteiger partial charge in [-0.05, 0) is 35.1 Å². The highest BCUT2D eigenvalue weighted by Crippen LogP contribution is 2.44. The normalized spacial score (nSPS) is 13.9. The number of ether oxygens (including phenoxy) is 1. The monoisotopic (exact) mass is 435 g/mol. The van der Waals surface area contributed by atoms with Gasteiger partial charge in [-0.2, -0.15) is 0 Å². The number of nitrogens with one attached hydrogen (secondary N) is 1. The first-order valence-corrected chi connectivity index (χ1v) is 9.94. The molecule has 4 heteroatoms. The Kier molecular flexibility index (Phi) is 5.76. The van der Waals surface area contributed by atoms with Crippen LogP contribution in [0.5, 0.6) is 0 Å². The Labute approximate surface area is 156 Å². The quantitative estimate of drug-likeness (QED) is 0.505. The molecule has 0 bridgehead atoms. The first-order valence-electron chi connectivity index (χ1n) is 8.42. The van der Waals surface area contributed by atoms with E-state index in [1.807, 2.05) is 12.1 Å². The Balaban J connectivity index is 1.70. The van der Waals surface area contributed by atoms with Crippen LogP contribution >= 0.6 is 22.6 Å². The molecule has 2 aromatic rings. The molecule has 0 heterocycles. The van der Waals surface area contributed by atoms with E-state index < -0.39 is 0 Å². The second-order valence-corrected chi connectivity index (χ2v) is 7.13. The zero-order valence-electron chi connectivity index (χ0n) is 13.8. The molecule has 0 aromatic heterocycles. The van der Waals surface area contributed by atoms with Gasteiger partial charge < -0.3 is 10.1 Å². The lowest BCUT2D eigenvalue weighted by Gasteiger charge is -2.18. The molecular formula is C20H22INO2. The van der Waals surface area contributed by atoms with Gasteiger partial charge in [-0.25, -0.2) is 4.79 Å². The van der Waals surface area contributed by atoms with Crippen molar-refractivity contribution in [2.45, 2.75) is 31.7 Å². The summed E-state index contributed by atoms with van der Waals surface area (Å²) in [6, 6.07) is 16.9. The van der Waals surface area contributed by atoms with E-state index in [0.717, 1.165) is 17.3 Å². The summed E-state index contributed by atoms with van der Waals surface area (Å²) in [5.74, 6) is 0.118. The summed E-state index contributed by atoms with van der Waals surface area (Å²) in [4.78, 5) is 12.1. The number of halogens is 1. The van der Waals surface area contributed by atoms with Gasteiger partial charge in [0, 0.05) is 16.4 Å². The van der Waals surface area contributed by atoms with Crippen LogP contribution in [0.1, 0.15) is 36.8 Å². The summed E-state index contributed by atoms with van der Waals surface area (Å²) in [5.41, 5.74) is 4.98. The van der Waals surface area contributed by atoms with Gasteiger partial charge in [-0.1, -0.05) is 78.0 Å². The number of benzene rings is 2. The first kappa shape index (κ1) is 17.3. The van der Waals surface area contributed by atoms with Crippen LogP contribution in [-0.2, 0) is 4.74 Å². The van der Waals surface area contributed by atoms with Gasteiger partial charge in [0.1, 0.15) is 6.61 Å². The highest BCUT2D eigenvalue weighted by atomic mass is 127. The maximum atomic E-state index is 12.1. The molecular weight excluding hydrogens is 413 g/mol. The molecule has 1 N–H and O–H groups in total. The fourth-order valence-corrected chi connectivity index (χ4v) is 4.07. The maximum absolute atomic E-state index is 12.1. The molecule has 1 atom stereocenters. The SMILES string of the molecule is CC[C@@H](CCI)NC(=O)OCC1c2ccccc2-c2ccccc21. The number of carbonyl (C=O) groups is 1. The molecule has 1 aliphatic rings. The third-order valence-corrected chi connectivity index (χ3v) is 5.24. The standard InChI is InChI=1S/C20H22INO2/c1-2-14(11-12-21)22-20(23)24-13-19-17-9-5-3-7-15(17)16-8-4-6-10-18(16)19/h3-10,14,19H,2,11-13H2,1H3,(H,22,23)/t14-/m0/s1. The molecule has 3 rings (SSSR count). The highest BCUT2D eigenvalue weighted by molar-refractivity contribution is 14.1. The van der Waals surface area contributed by atoms with E-state index >= 15 is 0 Å². The zero-order valence-corrected chi connectivity index (χ0v) is 16.0. The van der Waals surface area contributed by atoms with Crippen LogP contribution in [0.4, 0.5) is 4.79 Å². The van der Waals surface area contributed by atoms with Gasteiger partial charge in [0.25, 0.3) is 0 Å². The van der Waals surface area contributed by atoms with Crippen molar-refractivity contribution in [3.8, 4) is 11.1 Å². The van der Waals surface area contributed by atoms with Crippen LogP contribution in [-0.4, -0.2) is 23.2 Å². The molecule has 0 aliphatic heterocycles. The second kappa shape index (κ2) is 8.01. The average molecular weight is 435 g/mol. The Morgan fingerprint density at radius 1 is 1.12 bits per heavy atom. The van der Waals surface area contributed by atoms with Crippen molar-refractivity contribution in [2.75, 3.05) is 11.0 Å². The fraction of sp³-hybridized carbons (Fsp3) is 0.350. The van der Waals surface area contributed by atoms with Crippen molar-refractivity contribution in [1.29, 1.82) is 0 Å². The summed E-state index contributed by atoms with van der Waals surface area (Å²) in [6.45, 7) is 2.46. The van der Waals surface area contributed by atoms with E-state index in [4.69, 9.17) is 4.74 Å². The molecule has 2 aromatic carbocycles. The molecule has 126 valence electrons. The molecule has 0 radical (unpaired) electrons. The van der Waals surface area contributed by atoms with E-state index in [1.165, 1.54) is 22.3 Å². The van der Waals surface area contributed by atoms with E-state index in [9.17, 15) is 4.79 Å². The van der Waals surface area contributed by atoms with E-state index in [1.54, 1.807) is 0 Å². The van der Waals surface area contributed by atoms with Crippen molar-refractivity contribution in [1.82, 2.24) is 5.32 Å². The molecule has 1 aliphatic carbocycles. The number of amides is 1.